The van der Waals surface area contributed by atoms with Crippen molar-refractivity contribution in [1.82, 2.24) is 4.90 Å². The molecule has 0 aliphatic carbocycles. The fourth-order valence-electron chi connectivity index (χ4n) is 2.90. The molecule has 0 spiro atoms. The monoisotopic (exact) mass is 337 g/mol. The first-order valence-electron chi connectivity index (χ1n) is 8.11. The first-order valence-corrected chi connectivity index (χ1v) is 8.11. The Hall–Kier alpha value is -3.15. The van der Waals surface area contributed by atoms with Crippen molar-refractivity contribution in [2.75, 3.05) is 11.9 Å². The lowest BCUT2D eigenvalue weighted by Gasteiger charge is -2.16. The molecule has 3 rings (SSSR count). The summed E-state index contributed by atoms with van der Waals surface area (Å²) in [4.78, 5) is 37.5. The highest BCUT2D eigenvalue weighted by Gasteiger charge is 2.20. The molecule has 6 heteroatoms. The molecule has 0 radical (unpaired) electrons. The molecule has 0 unspecified atom stereocenters. The van der Waals surface area contributed by atoms with Gasteiger partial charge in [0.15, 0.2) is 0 Å². The van der Waals surface area contributed by atoms with Gasteiger partial charge in [-0.15, -0.1) is 0 Å². The van der Waals surface area contributed by atoms with E-state index in [1.807, 2.05) is 6.07 Å². The molecule has 1 heterocycles. The van der Waals surface area contributed by atoms with E-state index in [9.17, 15) is 14.4 Å². The molecule has 0 atom stereocenters. The number of carbonyl (C=O) groups excluding carboxylic acids is 3. The molecule has 0 saturated carbocycles. The summed E-state index contributed by atoms with van der Waals surface area (Å²) in [5.74, 6) is -0.786. The third-order valence-electron chi connectivity index (χ3n) is 4.17. The Labute approximate surface area is 145 Å². The van der Waals surface area contributed by atoms with Gasteiger partial charge >= 0.3 is 0 Å². The van der Waals surface area contributed by atoms with Crippen LogP contribution >= 0.6 is 0 Å². The van der Waals surface area contributed by atoms with E-state index in [0.717, 1.165) is 18.5 Å². The summed E-state index contributed by atoms with van der Waals surface area (Å²) in [7, 11) is 0. The van der Waals surface area contributed by atoms with Gasteiger partial charge in [-0.25, -0.2) is 0 Å². The van der Waals surface area contributed by atoms with Gasteiger partial charge in [0, 0.05) is 25.1 Å². The predicted octanol–water partition coefficient (Wildman–Crippen LogP) is 2.16. The number of anilines is 1. The van der Waals surface area contributed by atoms with Crippen LogP contribution in [-0.2, 0) is 11.3 Å². The summed E-state index contributed by atoms with van der Waals surface area (Å²) in [6.07, 6.45) is 1.47. The Morgan fingerprint density at radius 3 is 2.64 bits per heavy atom. The Bertz CT molecular complexity index is 832. The molecule has 128 valence electrons. The second kappa shape index (κ2) is 7.17. The highest BCUT2D eigenvalue weighted by atomic mass is 16.2. The van der Waals surface area contributed by atoms with Gasteiger partial charge in [0.2, 0.25) is 5.91 Å². The van der Waals surface area contributed by atoms with Crippen LogP contribution in [0.2, 0.25) is 0 Å². The molecule has 2 aromatic carbocycles. The molecule has 1 saturated heterocycles. The number of hydrogen-bond acceptors (Lipinski definition) is 3. The lowest BCUT2D eigenvalue weighted by molar-refractivity contribution is -0.128. The molecule has 1 fully saturated rings. The van der Waals surface area contributed by atoms with Crippen LogP contribution in [0.5, 0.6) is 0 Å². The Kier molecular flexibility index (Phi) is 4.79. The maximum absolute atomic E-state index is 12.5. The number of carbonyl (C=O) groups is 3. The molecule has 0 bridgehead atoms. The highest BCUT2D eigenvalue weighted by Crippen LogP contribution is 2.18. The van der Waals surface area contributed by atoms with Gasteiger partial charge < -0.3 is 16.0 Å². The zero-order chi connectivity index (χ0) is 17.8. The molecule has 2 aromatic rings. The van der Waals surface area contributed by atoms with E-state index in [4.69, 9.17) is 5.73 Å². The number of nitrogens with zero attached hydrogens (tertiary/aromatic N) is 1. The Morgan fingerprint density at radius 1 is 1.12 bits per heavy atom. The quantitative estimate of drug-likeness (QED) is 0.875. The van der Waals surface area contributed by atoms with Gasteiger partial charge in [-0.3, -0.25) is 14.4 Å². The van der Waals surface area contributed by atoms with Crippen molar-refractivity contribution < 1.29 is 14.4 Å². The number of nitrogens with two attached hydrogens (primary N) is 1. The number of para-hydroxylation sites is 1. The molecule has 1 aliphatic heterocycles. The van der Waals surface area contributed by atoms with Crippen LogP contribution in [-0.4, -0.2) is 29.2 Å². The number of nitrogens with one attached hydrogen (secondary N) is 1. The van der Waals surface area contributed by atoms with E-state index >= 15 is 0 Å². The largest absolute Gasteiger partial charge is 0.366 e. The van der Waals surface area contributed by atoms with Crippen LogP contribution < -0.4 is 11.1 Å². The first kappa shape index (κ1) is 16.7. The summed E-state index contributed by atoms with van der Waals surface area (Å²) in [6.45, 7) is 1.25. The maximum Gasteiger partial charge on any atom is 0.255 e. The summed E-state index contributed by atoms with van der Waals surface area (Å²) in [6, 6.07) is 13.7. The van der Waals surface area contributed by atoms with Crippen molar-refractivity contribution in [3.05, 3.63) is 65.2 Å². The van der Waals surface area contributed by atoms with Gasteiger partial charge in [0.05, 0.1) is 11.3 Å². The normalized spacial score (nSPS) is 13.8. The SMILES string of the molecule is NC(=O)c1ccccc1NC(=O)c1cccc(CN2CCCC2=O)c1. The summed E-state index contributed by atoms with van der Waals surface area (Å²) in [5.41, 5.74) is 7.32. The maximum atomic E-state index is 12.5. The highest BCUT2D eigenvalue weighted by molar-refractivity contribution is 6.08. The van der Waals surface area contributed by atoms with Gasteiger partial charge in [-0.2, -0.15) is 0 Å². The molecule has 3 amide bonds. The molecule has 1 aliphatic rings. The number of rotatable bonds is 5. The van der Waals surface area contributed by atoms with Crippen molar-refractivity contribution in [2.45, 2.75) is 19.4 Å². The number of primary amides is 1. The van der Waals surface area contributed by atoms with Gasteiger partial charge in [-0.05, 0) is 36.2 Å². The fourth-order valence-corrected chi connectivity index (χ4v) is 2.90. The smallest absolute Gasteiger partial charge is 0.255 e. The first-order chi connectivity index (χ1) is 12.0. The van der Waals surface area contributed by atoms with E-state index in [0.29, 0.717) is 24.2 Å². The van der Waals surface area contributed by atoms with Gasteiger partial charge in [-0.1, -0.05) is 24.3 Å². The van der Waals surface area contributed by atoms with E-state index in [-0.39, 0.29) is 17.4 Å². The topological polar surface area (TPSA) is 92.5 Å². The number of benzene rings is 2. The number of likely N-dealkylation sites (tertiary alicyclic amines) is 1. The molecule has 25 heavy (non-hydrogen) atoms. The molecule has 3 N–H and O–H groups in total. The minimum atomic E-state index is -0.600. The van der Waals surface area contributed by atoms with Crippen LogP contribution in [0, 0.1) is 0 Å². The second-order valence-electron chi connectivity index (χ2n) is 5.98. The average molecular weight is 337 g/mol. The van der Waals surface area contributed by atoms with Crippen LogP contribution in [0.4, 0.5) is 5.69 Å². The van der Waals surface area contributed by atoms with Crippen molar-refractivity contribution in [3.8, 4) is 0 Å². The summed E-state index contributed by atoms with van der Waals surface area (Å²) < 4.78 is 0. The minimum absolute atomic E-state index is 0.144. The average Bonchev–Trinajstić information content (AvgIpc) is 3.00. The van der Waals surface area contributed by atoms with Gasteiger partial charge in [0.25, 0.3) is 11.8 Å². The minimum Gasteiger partial charge on any atom is -0.366 e. The molecule has 0 aromatic heterocycles. The lowest BCUT2D eigenvalue weighted by atomic mass is 10.1. The molecule has 6 nitrogen and oxygen atoms in total. The third kappa shape index (κ3) is 3.85. The number of hydrogen-bond donors (Lipinski definition) is 2. The van der Waals surface area contributed by atoms with Crippen LogP contribution in [0.25, 0.3) is 0 Å². The third-order valence-corrected chi connectivity index (χ3v) is 4.17. The molecular formula is C19H19N3O3. The standard InChI is InChI=1S/C19H19N3O3/c20-18(24)15-7-1-2-8-16(15)21-19(25)14-6-3-5-13(11-14)12-22-10-4-9-17(22)23/h1-3,5-8,11H,4,9-10,12H2,(H2,20,24)(H,21,25). The van der Waals surface area contributed by atoms with Crippen molar-refractivity contribution >= 4 is 23.4 Å². The number of amides is 3. The lowest BCUT2D eigenvalue weighted by Crippen LogP contribution is -2.24. The van der Waals surface area contributed by atoms with Crippen LogP contribution in [0.15, 0.2) is 48.5 Å². The van der Waals surface area contributed by atoms with E-state index < -0.39 is 5.91 Å². The van der Waals surface area contributed by atoms with Crippen LogP contribution in [0.3, 0.4) is 0 Å². The summed E-state index contributed by atoms with van der Waals surface area (Å²) >= 11 is 0. The van der Waals surface area contributed by atoms with E-state index in [2.05, 4.69) is 5.32 Å². The van der Waals surface area contributed by atoms with E-state index in [1.54, 1.807) is 47.4 Å². The fraction of sp³-hybridized carbons (Fsp3) is 0.211. The van der Waals surface area contributed by atoms with Gasteiger partial charge in [0.1, 0.15) is 0 Å². The van der Waals surface area contributed by atoms with Crippen molar-refractivity contribution in [3.63, 3.8) is 0 Å². The Morgan fingerprint density at radius 2 is 1.92 bits per heavy atom. The zero-order valence-electron chi connectivity index (χ0n) is 13.7. The van der Waals surface area contributed by atoms with E-state index in [1.165, 1.54) is 0 Å². The predicted molar refractivity (Wildman–Crippen MR) is 94.0 cm³/mol. The van der Waals surface area contributed by atoms with Crippen molar-refractivity contribution in [2.24, 2.45) is 5.73 Å². The molecular weight excluding hydrogens is 318 g/mol. The second-order valence-corrected chi connectivity index (χ2v) is 5.98. The zero-order valence-corrected chi connectivity index (χ0v) is 13.7. The van der Waals surface area contributed by atoms with Crippen molar-refractivity contribution in [1.29, 1.82) is 0 Å². The van der Waals surface area contributed by atoms with Crippen LogP contribution in [0.1, 0.15) is 39.1 Å². The summed E-state index contributed by atoms with van der Waals surface area (Å²) in [5, 5.41) is 2.72. The Balaban J connectivity index is 1.76.